The molecule has 0 bridgehead atoms. The molecule has 1 aromatic carbocycles. The number of rotatable bonds is 1. The molecule has 0 radical (unpaired) electrons. The van der Waals surface area contributed by atoms with E-state index in [1.807, 2.05) is 18.2 Å². The Balaban J connectivity index is 2.05. The first-order valence-corrected chi connectivity index (χ1v) is 5.23. The molecule has 0 aliphatic heterocycles. The van der Waals surface area contributed by atoms with Crippen LogP contribution in [0.3, 0.4) is 0 Å². The van der Waals surface area contributed by atoms with Gasteiger partial charge in [0.15, 0.2) is 0 Å². The number of nitrogens with one attached hydrogen (secondary N) is 1. The molecule has 0 amide bonds. The molecule has 15 heavy (non-hydrogen) atoms. The number of para-hydroxylation sites is 1. The summed E-state index contributed by atoms with van der Waals surface area (Å²) in [6, 6.07) is 10.2. The number of hydrogen-bond donors (Lipinski definition) is 3. The van der Waals surface area contributed by atoms with Crippen molar-refractivity contribution in [1.29, 1.82) is 0 Å². The van der Waals surface area contributed by atoms with E-state index in [1.165, 1.54) is 5.39 Å². The summed E-state index contributed by atoms with van der Waals surface area (Å²) >= 11 is 0. The minimum absolute atomic E-state index is 0.235. The molecule has 3 heteroatoms. The van der Waals surface area contributed by atoms with E-state index in [2.05, 4.69) is 17.1 Å². The van der Waals surface area contributed by atoms with E-state index in [4.69, 9.17) is 5.73 Å². The molecule has 1 saturated carbocycles. The van der Waals surface area contributed by atoms with Crippen molar-refractivity contribution in [1.82, 2.24) is 4.98 Å². The van der Waals surface area contributed by atoms with Crippen LogP contribution in [0.5, 0.6) is 0 Å². The first-order chi connectivity index (χ1) is 7.17. The zero-order chi connectivity index (χ0) is 10.5. The van der Waals surface area contributed by atoms with E-state index in [9.17, 15) is 5.11 Å². The van der Waals surface area contributed by atoms with Gasteiger partial charge in [0.25, 0.3) is 0 Å². The molecule has 1 fully saturated rings. The van der Waals surface area contributed by atoms with Crippen molar-refractivity contribution in [2.45, 2.75) is 24.5 Å². The van der Waals surface area contributed by atoms with Crippen LogP contribution in [-0.2, 0) is 5.54 Å². The first-order valence-electron chi connectivity index (χ1n) is 5.23. The lowest BCUT2D eigenvalue weighted by Gasteiger charge is -2.41. The summed E-state index contributed by atoms with van der Waals surface area (Å²) in [5.41, 5.74) is 7.98. The van der Waals surface area contributed by atoms with Crippen LogP contribution in [0, 0.1) is 0 Å². The molecule has 78 valence electrons. The van der Waals surface area contributed by atoms with E-state index in [0.717, 1.165) is 11.2 Å². The number of aliphatic hydroxyl groups is 1. The van der Waals surface area contributed by atoms with Gasteiger partial charge in [-0.15, -0.1) is 0 Å². The van der Waals surface area contributed by atoms with Gasteiger partial charge in [-0.05, 0) is 30.4 Å². The SMILES string of the molecule is NC1(c2cc3ccccc3[nH]2)CC(O)C1. The average molecular weight is 202 g/mol. The Labute approximate surface area is 87.9 Å². The van der Waals surface area contributed by atoms with Gasteiger partial charge in [-0.3, -0.25) is 0 Å². The van der Waals surface area contributed by atoms with Crippen LogP contribution >= 0.6 is 0 Å². The normalized spacial score (nSPS) is 30.4. The van der Waals surface area contributed by atoms with Crippen molar-refractivity contribution >= 4 is 10.9 Å². The highest BCUT2D eigenvalue weighted by molar-refractivity contribution is 5.80. The minimum atomic E-state index is -0.349. The Hall–Kier alpha value is -1.32. The first kappa shape index (κ1) is 8.95. The minimum Gasteiger partial charge on any atom is -0.393 e. The number of aromatic nitrogens is 1. The molecule has 0 saturated heterocycles. The largest absolute Gasteiger partial charge is 0.393 e. The predicted octanol–water partition coefficient (Wildman–Crippen LogP) is 1.48. The molecule has 3 nitrogen and oxygen atoms in total. The number of aliphatic hydroxyl groups excluding tert-OH is 1. The maximum absolute atomic E-state index is 9.33. The second-order valence-corrected chi connectivity index (χ2v) is 4.49. The predicted molar refractivity (Wildman–Crippen MR) is 59.4 cm³/mol. The molecular weight excluding hydrogens is 188 g/mol. The maximum atomic E-state index is 9.33. The summed E-state index contributed by atoms with van der Waals surface area (Å²) in [5, 5.41) is 10.5. The number of H-pyrrole nitrogens is 1. The summed E-state index contributed by atoms with van der Waals surface area (Å²) < 4.78 is 0. The van der Waals surface area contributed by atoms with Crippen LogP contribution in [0.25, 0.3) is 10.9 Å². The zero-order valence-electron chi connectivity index (χ0n) is 8.40. The van der Waals surface area contributed by atoms with Gasteiger partial charge >= 0.3 is 0 Å². The van der Waals surface area contributed by atoms with Crippen LogP contribution in [0.1, 0.15) is 18.5 Å². The van der Waals surface area contributed by atoms with Crippen LogP contribution < -0.4 is 5.73 Å². The quantitative estimate of drug-likeness (QED) is 0.656. The number of fused-ring (bicyclic) bond motifs is 1. The van der Waals surface area contributed by atoms with Crippen molar-refractivity contribution in [3.63, 3.8) is 0 Å². The third kappa shape index (κ3) is 1.28. The fourth-order valence-corrected chi connectivity index (χ4v) is 2.34. The lowest BCUT2D eigenvalue weighted by Crippen LogP contribution is -2.51. The summed E-state index contributed by atoms with van der Waals surface area (Å²) in [7, 11) is 0. The molecule has 0 atom stereocenters. The Morgan fingerprint density at radius 1 is 1.33 bits per heavy atom. The van der Waals surface area contributed by atoms with Crippen molar-refractivity contribution < 1.29 is 5.11 Å². The molecule has 1 aromatic heterocycles. The Morgan fingerprint density at radius 3 is 2.73 bits per heavy atom. The average Bonchev–Trinajstić information content (AvgIpc) is 2.59. The molecule has 0 unspecified atom stereocenters. The smallest absolute Gasteiger partial charge is 0.0611 e. The van der Waals surface area contributed by atoms with Gasteiger partial charge in [0.1, 0.15) is 0 Å². The second-order valence-electron chi connectivity index (χ2n) is 4.49. The van der Waals surface area contributed by atoms with Crippen molar-refractivity contribution in [2.24, 2.45) is 5.73 Å². The molecule has 1 aliphatic carbocycles. The van der Waals surface area contributed by atoms with Crippen LogP contribution in [0.2, 0.25) is 0 Å². The van der Waals surface area contributed by atoms with Gasteiger partial charge in [0.05, 0.1) is 11.6 Å². The number of benzene rings is 1. The number of aromatic amines is 1. The Kier molecular flexibility index (Phi) is 1.69. The Morgan fingerprint density at radius 2 is 2.07 bits per heavy atom. The van der Waals surface area contributed by atoms with Crippen molar-refractivity contribution in [2.75, 3.05) is 0 Å². The molecular formula is C12H14N2O. The topological polar surface area (TPSA) is 62.0 Å². The molecule has 0 spiro atoms. The summed E-state index contributed by atoms with van der Waals surface area (Å²) in [4.78, 5) is 3.32. The maximum Gasteiger partial charge on any atom is 0.0611 e. The van der Waals surface area contributed by atoms with Gasteiger partial charge in [-0.25, -0.2) is 0 Å². The lowest BCUT2D eigenvalue weighted by molar-refractivity contribution is 0.0192. The van der Waals surface area contributed by atoms with E-state index in [0.29, 0.717) is 12.8 Å². The molecule has 1 heterocycles. The third-order valence-corrected chi connectivity index (χ3v) is 3.27. The van der Waals surface area contributed by atoms with E-state index >= 15 is 0 Å². The summed E-state index contributed by atoms with van der Waals surface area (Å²) in [6.45, 7) is 0. The van der Waals surface area contributed by atoms with E-state index < -0.39 is 0 Å². The summed E-state index contributed by atoms with van der Waals surface area (Å²) in [5.74, 6) is 0. The van der Waals surface area contributed by atoms with E-state index in [-0.39, 0.29) is 11.6 Å². The van der Waals surface area contributed by atoms with Crippen LogP contribution in [0.4, 0.5) is 0 Å². The molecule has 2 aromatic rings. The highest BCUT2D eigenvalue weighted by Crippen LogP contribution is 2.39. The van der Waals surface area contributed by atoms with Crippen molar-refractivity contribution in [3.05, 3.63) is 36.0 Å². The fraction of sp³-hybridized carbons (Fsp3) is 0.333. The summed E-state index contributed by atoms with van der Waals surface area (Å²) in [6.07, 6.45) is 1.07. The monoisotopic (exact) mass is 202 g/mol. The third-order valence-electron chi connectivity index (χ3n) is 3.27. The molecule has 1 aliphatic rings. The highest BCUT2D eigenvalue weighted by atomic mass is 16.3. The number of hydrogen-bond acceptors (Lipinski definition) is 2. The van der Waals surface area contributed by atoms with Crippen LogP contribution in [0.15, 0.2) is 30.3 Å². The zero-order valence-corrected chi connectivity index (χ0v) is 8.40. The molecule has 4 N–H and O–H groups in total. The van der Waals surface area contributed by atoms with Gasteiger partial charge in [-0.2, -0.15) is 0 Å². The number of nitrogens with two attached hydrogens (primary N) is 1. The standard InChI is InChI=1S/C12H14N2O/c13-12(6-9(15)7-12)11-5-8-3-1-2-4-10(8)14-11/h1-5,9,14-15H,6-7,13H2. The van der Waals surface area contributed by atoms with Crippen molar-refractivity contribution in [3.8, 4) is 0 Å². The molecule has 3 rings (SSSR count). The second kappa shape index (κ2) is 2.84. The van der Waals surface area contributed by atoms with Crippen LogP contribution in [-0.4, -0.2) is 16.2 Å². The van der Waals surface area contributed by atoms with Gasteiger partial charge in [-0.1, -0.05) is 18.2 Å². The van der Waals surface area contributed by atoms with Gasteiger partial charge < -0.3 is 15.8 Å². The van der Waals surface area contributed by atoms with E-state index in [1.54, 1.807) is 0 Å². The lowest BCUT2D eigenvalue weighted by atomic mass is 9.73. The van der Waals surface area contributed by atoms with Gasteiger partial charge in [0.2, 0.25) is 0 Å². The fourth-order valence-electron chi connectivity index (χ4n) is 2.34. The van der Waals surface area contributed by atoms with Gasteiger partial charge in [0, 0.05) is 11.2 Å². The Bertz CT molecular complexity index is 464. The highest BCUT2D eigenvalue weighted by Gasteiger charge is 2.42.